The van der Waals surface area contributed by atoms with Gasteiger partial charge in [0.15, 0.2) is 0 Å². The molecule has 38 heavy (non-hydrogen) atoms. The molecule has 0 spiro atoms. The van der Waals surface area contributed by atoms with Gasteiger partial charge >= 0.3 is 6.03 Å². The fourth-order valence-corrected chi connectivity index (χ4v) is 4.83. The lowest BCUT2D eigenvalue weighted by Gasteiger charge is -2.21. The number of hydrogen-bond donors (Lipinski definition) is 3. The molecule has 4 rings (SSSR count). The Bertz CT molecular complexity index is 1500. The third kappa shape index (κ3) is 5.42. The average molecular weight is 513 g/mol. The number of nitrogens with one attached hydrogen (secondary N) is 2. The number of urea groups is 1. The third-order valence-corrected chi connectivity index (χ3v) is 6.74. The van der Waals surface area contributed by atoms with E-state index in [1.165, 1.54) is 0 Å². The zero-order valence-corrected chi connectivity index (χ0v) is 22.7. The van der Waals surface area contributed by atoms with Crippen molar-refractivity contribution >= 4 is 28.4 Å². The van der Waals surface area contributed by atoms with Crippen LogP contribution in [-0.2, 0) is 6.54 Å². The van der Waals surface area contributed by atoms with Crippen molar-refractivity contribution in [1.29, 1.82) is 0 Å². The van der Waals surface area contributed by atoms with Crippen molar-refractivity contribution in [3.63, 3.8) is 0 Å². The number of phenolic OH excluding ortho intramolecular Hbond substituents is 1. The Morgan fingerprint density at radius 3 is 2.24 bits per heavy atom. The number of hydrogen-bond acceptors (Lipinski definition) is 4. The molecule has 3 N–H and O–H groups in total. The number of aromatic hydroxyl groups is 1. The Balaban J connectivity index is 1.89. The zero-order chi connectivity index (χ0) is 27.4. The summed E-state index contributed by atoms with van der Waals surface area (Å²) in [4.78, 5) is 32.0. The number of para-hydroxylation sites is 1. The maximum Gasteiger partial charge on any atom is 0.323 e. The summed E-state index contributed by atoms with van der Waals surface area (Å²) < 4.78 is 1.63. The van der Waals surface area contributed by atoms with E-state index < -0.39 is 6.03 Å². The number of unbranched alkanes of at least 4 members (excludes halogenated alkanes) is 1. The Morgan fingerprint density at radius 2 is 1.61 bits per heavy atom. The van der Waals surface area contributed by atoms with E-state index in [0.717, 1.165) is 35.0 Å². The Hall–Kier alpha value is -4.13. The lowest BCUT2D eigenvalue weighted by molar-refractivity contribution is 0.262. The van der Waals surface area contributed by atoms with Crippen molar-refractivity contribution in [2.75, 3.05) is 10.6 Å². The molecular weight excluding hydrogens is 476 g/mol. The van der Waals surface area contributed by atoms with Gasteiger partial charge in [0.1, 0.15) is 17.1 Å². The number of rotatable bonds is 8. The first kappa shape index (κ1) is 26.9. The number of amides is 2. The number of aromatic nitrogens is 2. The average Bonchev–Trinajstić information content (AvgIpc) is 2.88. The highest BCUT2D eigenvalue weighted by Gasteiger charge is 2.22. The molecule has 2 heterocycles. The summed E-state index contributed by atoms with van der Waals surface area (Å²) in [6.45, 7) is 10.9. The number of phenols is 1. The minimum atomic E-state index is -0.496. The molecule has 4 aromatic rings. The number of carbonyl (C=O) groups excluding carboxylic acids is 1. The summed E-state index contributed by atoms with van der Waals surface area (Å²) in [6.07, 6.45) is 3.36. The number of pyridine rings is 2. The van der Waals surface area contributed by atoms with Gasteiger partial charge in [0.25, 0.3) is 5.56 Å². The maximum atomic E-state index is 13.9. The van der Waals surface area contributed by atoms with Gasteiger partial charge in [0.05, 0.1) is 0 Å². The van der Waals surface area contributed by atoms with Crippen molar-refractivity contribution in [2.45, 2.75) is 65.8 Å². The van der Waals surface area contributed by atoms with Crippen LogP contribution in [0.1, 0.15) is 70.4 Å². The lowest BCUT2D eigenvalue weighted by Crippen LogP contribution is -2.30. The zero-order valence-electron chi connectivity index (χ0n) is 22.7. The van der Waals surface area contributed by atoms with Crippen molar-refractivity contribution < 1.29 is 9.90 Å². The molecule has 0 radical (unpaired) electrons. The number of carbonyl (C=O) groups is 1. The van der Waals surface area contributed by atoms with Gasteiger partial charge in [-0.3, -0.25) is 9.36 Å². The summed E-state index contributed by atoms with van der Waals surface area (Å²) in [5.74, 6) is 0.465. The van der Waals surface area contributed by atoms with Crippen LogP contribution in [0.2, 0.25) is 0 Å². The molecule has 7 heteroatoms. The van der Waals surface area contributed by atoms with Crippen LogP contribution in [0.15, 0.2) is 65.6 Å². The predicted molar refractivity (Wildman–Crippen MR) is 155 cm³/mol. The number of benzene rings is 2. The number of aryl methyl sites for hydroxylation is 1. The van der Waals surface area contributed by atoms with E-state index in [0.29, 0.717) is 23.3 Å². The topological polar surface area (TPSA) is 96.2 Å². The summed E-state index contributed by atoms with van der Waals surface area (Å²) in [5, 5.41) is 16.9. The summed E-state index contributed by atoms with van der Waals surface area (Å²) in [5.41, 5.74) is 4.33. The van der Waals surface area contributed by atoms with Crippen molar-refractivity contribution in [3.8, 4) is 16.9 Å². The Morgan fingerprint density at radius 1 is 0.947 bits per heavy atom. The second-order valence-electron chi connectivity index (χ2n) is 10.2. The molecule has 2 aromatic carbocycles. The first-order valence-corrected chi connectivity index (χ1v) is 13.2. The second-order valence-corrected chi connectivity index (χ2v) is 10.2. The molecule has 0 aliphatic heterocycles. The highest BCUT2D eigenvalue weighted by atomic mass is 16.3. The van der Waals surface area contributed by atoms with E-state index in [1.54, 1.807) is 35.0 Å². The van der Waals surface area contributed by atoms with Crippen molar-refractivity contribution in [1.82, 2.24) is 9.55 Å². The molecule has 0 aliphatic carbocycles. The van der Waals surface area contributed by atoms with E-state index in [-0.39, 0.29) is 28.8 Å². The standard InChI is InChI=1S/C31H36N4O3/c1-6-7-17-35-29-25(15-10-16-32-29)26(21-11-8-12-22(36)18-21)28(30(35)37)34-31(38)33-27-23(19(2)3)13-9-14-24(27)20(4)5/h8-16,18-20,36H,6-7,17H2,1-5H3,(H2,33,34,38). The minimum Gasteiger partial charge on any atom is -0.508 e. The highest BCUT2D eigenvalue weighted by molar-refractivity contribution is 6.07. The molecule has 0 atom stereocenters. The molecule has 0 aliphatic rings. The van der Waals surface area contributed by atoms with Crippen molar-refractivity contribution in [3.05, 3.63) is 82.3 Å². The van der Waals surface area contributed by atoms with E-state index in [4.69, 9.17) is 0 Å². The van der Waals surface area contributed by atoms with Gasteiger partial charge in [0, 0.05) is 29.4 Å². The molecular formula is C31H36N4O3. The smallest absolute Gasteiger partial charge is 0.323 e. The molecule has 7 nitrogen and oxygen atoms in total. The van der Waals surface area contributed by atoms with Crippen LogP contribution in [0.5, 0.6) is 5.75 Å². The van der Waals surface area contributed by atoms with Crippen LogP contribution in [-0.4, -0.2) is 20.7 Å². The van der Waals surface area contributed by atoms with E-state index in [9.17, 15) is 14.7 Å². The van der Waals surface area contributed by atoms with E-state index in [2.05, 4.69) is 50.2 Å². The SMILES string of the molecule is CCCCn1c(=O)c(NC(=O)Nc2c(C(C)C)cccc2C(C)C)c(-c2cccc(O)c2)c2cccnc21. The summed E-state index contributed by atoms with van der Waals surface area (Å²) in [7, 11) is 0. The number of nitrogens with zero attached hydrogens (tertiary/aromatic N) is 2. The highest BCUT2D eigenvalue weighted by Crippen LogP contribution is 2.36. The first-order valence-electron chi connectivity index (χ1n) is 13.2. The van der Waals surface area contributed by atoms with Crippen molar-refractivity contribution in [2.24, 2.45) is 0 Å². The molecule has 0 bridgehead atoms. The largest absolute Gasteiger partial charge is 0.508 e. The maximum absolute atomic E-state index is 13.9. The fraction of sp³-hybridized carbons (Fsp3) is 0.323. The number of anilines is 2. The first-order chi connectivity index (χ1) is 18.2. The molecule has 0 saturated heterocycles. The van der Waals surface area contributed by atoms with Crippen LogP contribution >= 0.6 is 0 Å². The molecule has 0 unspecified atom stereocenters. The lowest BCUT2D eigenvalue weighted by atomic mass is 9.93. The van der Waals surface area contributed by atoms with E-state index >= 15 is 0 Å². The van der Waals surface area contributed by atoms with Gasteiger partial charge in [0.2, 0.25) is 0 Å². The number of fused-ring (bicyclic) bond motifs is 1. The molecule has 2 amide bonds. The fourth-order valence-electron chi connectivity index (χ4n) is 4.83. The predicted octanol–water partition coefficient (Wildman–Crippen LogP) is 7.46. The normalized spacial score (nSPS) is 11.3. The molecule has 2 aromatic heterocycles. The Kier molecular flexibility index (Phi) is 8.15. The summed E-state index contributed by atoms with van der Waals surface area (Å²) >= 11 is 0. The quantitative estimate of drug-likeness (QED) is 0.228. The molecule has 198 valence electrons. The van der Waals surface area contributed by atoms with Crippen LogP contribution < -0.4 is 16.2 Å². The third-order valence-electron chi connectivity index (χ3n) is 6.74. The van der Waals surface area contributed by atoms with Gasteiger partial charge in [-0.1, -0.05) is 71.4 Å². The Labute approximate surface area is 223 Å². The monoisotopic (exact) mass is 512 g/mol. The van der Waals surface area contributed by atoms with Gasteiger partial charge in [-0.25, -0.2) is 9.78 Å². The van der Waals surface area contributed by atoms with Crippen LogP contribution in [0, 0.1) is 0 Å². The van der Waals surface area contributed by atoms with Crippen LogP contribution in [0.25, 0.3) is 22.2 Å². The minimum absolute atomic E-state index is 0.0672. The molecule has 0 fully saturated rings. The molecule has 0 saturated carbocycles. The second kappa shape index (κ2) is 11.5. The van der Waals surface area contributed by atoms with Crippen LogP contribution in [0.4, 0.5) is 16.2 Å². The van der Waals surface area contributed by atoms with Gasteiger partial charge in [-0.2, -0.15) is 0 Å². The van der Waals surface area contributed by atoms with Gasteiger partial charge in [-0.15, -0.1) is 0 Å². The van der Waals surface area contributed by atoms with Gasteiger partial charge in [-0.05, 0) is 59.2 Å². The summed E-state index contributed by atoms with van der Waals surface area (Å²) in [6, 6.07) is 15.9. The van der Waals surface area contributed by atoms with Crippen LogP contribution in [0.3, 0.4) is 0 Å². The van der Waals surface area contributed by atoms with E-state index in [1.807, 2.05) is 30.3 Å². The van der Waals surface area contributed by atoms with Gasteiger partial charge < -0.3 is 15.7 Å².